The number of oxime groups is 1. The summed E-state index contributed by atoms with van der Waals surface area (Å²) in [5, 5.41) is 49.3. The number of nitrogens with one attached hydrogen (secondary N) is 1. The predicted octanol–water partition coefficient (Wildman–Crippen LogP) is 11.3. The lowest BCUT2D eigenvalue weighted by Gasteiger charge is -2.25. The van der Waals surface area contributed by atoms with Crippen LogP contribution in [0.2, 0.25) is 10.0 Å². The van der Waals surface area contributed by atoms with Crippen LogP contribution in [0.5, 0.6) is 5.75 Å². The number of hydrogen-bond acceptors (Lipinski definition) is 12. The van der Waals surface area contributed by atoms with Crippen LogP contribution in [0.3, 0.4) is 0 Å². The van der Waals surface area contributed by atoms with E-state index >= 15 is 0 Å². The number of nitrogens with zero attached hydrogens (tertiary/aromatic N) is 3. The highest BCUT2D eigenvalue weighted by Gasteiger charge is 2.32. The second-order valence-electron chi connectivity index (χ2n) is 12.5. The molecule has 14 nitrogen and oxygen atoms in total. The van der Waals surface area contributed by atoms with Crippen molar-refractivity contribution in [3.05, 3.63) is 88.1 Å². The fourth-order valence-corrected chi connectivity index (χ4v) is 7.31. The Kier molecular flexibility index (Phi) is 22.5. The van der Waals surface area contributed by atoms with E-state index < -0.39 is 15.8 Å². The summed E-state index contributed by atoms with van der Waals surface area (Å²) in [5.74, 6) is 0.307. The van der Waals surface area contributed by atoms with Gasteiger partial charge in [0.1, 0.15) is 17.9 Å². The van der Waals surface area contributed by atoms with Gasteiger partial charge in [-0.2, -0.15) is 11.8 Å². The highest BCUT2D eigenvalue weighted by molar-refractivity contribution is 7.99. The van der Waals surface area contributed by atoms with Crippen LogP contribution < -0.4 is 10.1 Å². The highest BCUT2D eigenvalue weighted by atomic mass is 35.5. The summed E-state index contributed by atoms with van der Waals surface area (Å²) in [5.41, 5.74) is 2.64. The van der Waals surface area contributed by atoms with Crippen LogP contribution in [0.25, 0.3) is 0 Å². The third-order valence-corrected chi connectivity index (χ3v) is 10.6. The summed E-state index contributed by atoms with van der Waals surface area (Å²) in [6, 6.07) is 4.24. The average Bonchev–Trinajstić information content (AvgIpc) is 3.13. The van der Waals surface area contributed by atoms with E-state index in [0.717, 1.165) is 25.0 Å². The number of aliphatic hydroxyl groups is 1. The van der Waals surface area contributed by atoms with Gasteiger partial charge in [0.05, 0.1) is 38.3 Å². The molecule has 310 valence electrons. The van der Waals surface area contributed by atoms with E-state index in [4.69, 9.17) is 49.5 Å². The van der Waals surface area contributed by atoms with Crippen LogP contribution in [0.15, 0.2) is 46.3 Å². The van der Waals surface area contributed by atoms with Crippen molar-refractivity contribution in [3.63, 3.8) is 0 Å². The second kappa shape index (κ2) is 25.3. The first-order chi connectivity index (χ1) is 26.4. The van der Waals surface area contributed by atoms with Crippen molar-refractivity contribution in [2.75, 3.05) is 24.8 Å². The fraction of sp³-hybridized carbons (Fsp3) is 0.500. The molecule has 3 N–H and O–H groups in total. The number of rotatable bonds is 17. The molecular weight excluding hydrogens is 811 g/mol. The molecule has 3 rings (SSSR count). The Morgan fingerprint density at radius 3 is 2.20 bits per heavy atom. The van der Waals surface area contributed by atoms with Gasteiger partial charge in [0.2, 0.25) is 0 Å². The largest absolute Gasteiger partial charge is 0.511 e. The molecule has 2 aromatic rings. The SMILES string of the molecule is CCC(CC)Nc1c([N+](=O)[O-])cc(C)c(C)c1[N+](=O)[O-].CCSC(C)CC1CC(=O)C(/C(CC)=N/OC/C=C/Cl)=C(O)C1.COc1c(Cl)ccc(Cl)c1C(=O)O. The number of methoxy groups -OCH3 is 1. The minimum atomic E-state index is -1.16. The normalized spacial score (nSPS) is 14.8. The van der Waals surface area contributed by atoms with Crippen LogP contribution in [0, 0.1) is 40.0 Å². The Hall–Kier alpha value is -4.05. The molecule has 18 heteroatoms. The Morgan fingerprint density at radius 1 is 1.11 bits per heavy atom. The molecule has 0 aromatic heterocycles. The van der Waals surface area contributed by atoms with Crippen molar-refractivity contribution < 1.29 is 39.2 Å². The summed E-state index contributed by atoms with van der Waals surface area (Å²) in [7, 11) is 1.34. The summed E-state index contributed by atoms with van der Waals surface area (Å²) in [6.45, 7) is 13.5. The van der Waals surface area contributed by atoms with E-state index in [-0.39, 0.29) is 68.5 Å². The van der Waals surface area contributed by atoms with Gasteiger partial charge in [-0.15, -0.1) is 0 Å². The highest BCUT2D eigenvalue weighted by Crippen LogP contribution is 2.40. The lowest BCUT2D eigenvalue weighted by Crippen LogP contribution is -2.26. The molecule has 0 aliphatic heterocycles. The van der Waals surface area contributed by atoms with Crippen molar-refractivity contribution in [3.8, 4) is 5.75 Å². The topological polar surface area (TPSA) is 204 Å². The number of carboxylic acids is 1. The van der Waals surface area contributed by atoms with E-state index in [1.54, 1.807) is 19.9 Å². The number of allylic oxidation sites excluding steroid dienone is 2. The van der Waals surface area contributed by atoms with Crippen molar-refractivity contribution in [1.29, 1.82) is 0 Å². The van der Waals surface area contributed by atoms with Gasteiger partial charge in [-0.25, -0.2) is 4.79 Å². The first-order valence-corrected chi connectivity index (χ1v) is 20.1. The molecule has 0 heterocycles. The van der Waals surface area contributed by atoms with Crippen molar-refractivity contribution >= 4 is 81.1 Å². The van der Waals surface area contributed by atoms with Gasteiger partial charge >= 0.3 is 11.7 Å². The molecule has 0 bridgehead atoms. The number of ketones is 1. The summed E-state index contributed by atoms with van der Waals surface area (Å²) in [6.07, 6.45) is 5.55. The van der Waals surface area contributed by atoms with E-state index in [1.807, 2.05) is 32.5 Å². The van der Waals surface area contributed by atoms with Crippen LogP contribution in [-0.4, -0.2) is 68.3 Å². The molecule has 0 saturated carbocycles. The number of carbonyl (C=O) groups excluding carboxylic acids is 1. The number of thioether (sulfide) groups is 1. The number of nitro groups is 2. The van der Waals surface area contributed by atoms with Crippen molar-refractivity contribution in [2.24, 2.45) is 11.1 Å². The lowest BCUT2D eigenvalue weighted by atomic mass is 9.82. The number of hydrogen-bond donors (Lipinski definition) is 3. The maximum Gasteiger partial charge on any atom is 0.341 e. The van der Waals surface area contributed by atoms with Gasteiger partial charge in [-0.05, 0) is 75.0 Å². The summed E-state index contributed by atoms with van der Waals surface area (Å²) >= 11 is 18.7. The van der Waals surface area contributed by atoms with Gasteiger partial charge in [-0.1, -0.05) is 74.6 Å². The van der Waals surface area contributed by atoms with Gasteiger partial charge in [0, 0.05) is 41.3 Å². The molecule has 0 fully saturated rings. The van der Waals surface area contributed by atoms with E-state index in [1.165, 1.54) is 30.8 Å². The zero-order chi connectivity index (χ0) is 42.7. The number of aromatic carboxylic acids is 1. The molecule has 1 aliphatic rings. The Morgan fingerprint density at radius 2 is 1.73 bits per heavy atom. The summed E-state index contributed by atoms with van der Waals surface area (Å²) < 4.78 is 4.82. The number of aliphatic hydroxyl groups excluding tert-OH is 1. The standard InChI is InChI=1S/C17H26ClNO3S.C13H19N3O4.C8H6Cl2O3/c1-4-14(19-22-8-6-7-18)17-15(20)10-13(11-16(17)21)9-12(3)23-5-2;1-5-10(6-2)14-12-11(15(17)18)7-8(3)9(4)13(12)16(19)20;1-13-7-5(10)3-2-4(9)6(7)8(11)12/h6-7,12-13,20H,4-5,8-11H2,1-3H3;7,10,14H,5-6H2,1-4H3;2-3H,1H3,(H,11,12)/b7-6+,19-14+;;. The molecule has 0 spiro atoms. The van der Waals surface area contributed by atoms with Crippen LogP contribution in [-0.2, 0) is 9.63 Å². The number of carboxylic acid groups (broad SMARTS) is 1. The van der Waals surface area contributed by atoms with Crippen LogP contribution in [0.4, 0.5) is 17.1 Å². The lowest BCUT2D eigenvalue weighted by molar-refractivity contribution is -0.392. The fourth-order valence-electron chi connectivity index (χ4n) is 5.80. The van der Waals surface area contributed by atoms with E-state index in [0.29, 0.717) is 46.9 Å². The number of halogens is 3. The smallest absolute Gasteiger partial charge is 0.341 e. The maximum absolute atomic E-state index is 12.4. The number of Topliss-reactive ketones (excluding diaryl/α,β-unsaturated/α-hetero) is 1. The Bertz CT molecular complexity index is 1780. The molecule has 56 heavy (non-hydrogen) atoms. The zero-order valence-corrected chi connectivity index (χ0v) is 35.9. The van der Waals surface area contributed by atoms with Gasteiger partial charge in [0.25, 0.3) is 5.69 Å². The maximum atomic E-state index is 12.4. The van der Waals surface area contributed by atoms with Gasteiger partial charge in [-0.3, -0.25) is 25.0 Å². The minimum Gasteiger partial charge on any atom is -0.511 e. The van der Waals surface area contributed by atoms with Crippen molar-refractivity contribution in [1.82, 2.24) is 0 Å². The van der Waals surface area contributed by atoms with Gasteiger partial charge in [0.15, 0.2) is 17.2 Å². The first kappa shape index (κ1) is 50.0. The van der Waals surface area contributed by atoms with Crippen LogP contribution in [0.1, 0.15) is 94.6 Å². The van der Waals surface area contributed by atoms with Crippen molar-refractivity contribution in [2.45, 2.75) is 98.3 Å². The number of ether oxygens (including phenoxy) is 1. The number of carbonyl (C=O) groups is 2. The number of aryl methyl sites for hydroxylation is 1. The quantitative estimate of drug-likeness (QED) is 0.0588. The Balaban J connectivity index is 0.000000435. The number of benzene rings is 2. The average molecular weight is 862 g/mol. The minimum absolute atomic E-state index is 0.0109. The first-order valence-electron chi connectivity index (χ1n) is 17.9. The molecule has 0 radical (unpaired) electrons. The molecule has 2 atom stereocenters. The predicted molar refractivity (Wildman–Crippen MR) is 225 cm³/mol. The van der Waals surface area contributed by atoms with Crippen LogP contribution >= 0.6 is 46.6 Å². The van der Waals surface area contributed by atoms with E-state index in [2.05, 4.69) is 24.3 Å². The number of anilines is 1. The Labute approximate surface area is 346 Å². The molecule has 1 aliphatic carbocycles. The second-order valence-corrected chi connectivity index (χ2v) is 15.3. The third-order valence-electron chi connectivity index (χ3n) is 8.68. The molecular formula is C38H51Cl3N4O10S. The molecule has 2 aromatic carbocycles. The van der Waals surface area contributed by atoms with E-state index in [9.17, 15) is 34.9 Å². The van der Waals surface area contributed by atoms with Gasteiger partial charge < -0.3 is 25.1 Å². The third kappa shape index (κ3) is 14.8. The summed E-state index contributed by atoms with van der Waals surface area (Å²) in [4.78, 5) is 49.6. The molecule has 2 unspecified atom stereocenters. The number of nitro benzene ring substituents is 2. The molecule has 0 saturated heterocycles. The zero-order valence-electron chi connectivity index (χ0n) is 32.8. The monoisotopic (exact) mass is 860 g/mol. The molecule has 0 amide bonds.